The topological polar surface area (TPSA) is 208 Å². The number of hydrogen-bond donors (Lipinski definition) is 8. The molecule has 0 aromatic rings. The molecule has 16 N–H and O–H groups in total. The van der Waals surface area contributed by atoms with Crippen LogP contribution in [0, 0.1) is 35.5 Å². The smallest absolute Gasteiger partial charge is 0.109 e. The van der Waals surface area contributed by atoms with Gasteiger partial charge in [0, 0.05) is 24.5 Å². The molecule has 8 nitrogen and oxygen atoms in total. The van der Waals surface area contributed by atoms with Crippen molar-refractivity contribution in [1.29, 1.82) is 0 Å². The highest BCUT2D eigenvalue weighted by Crippen LogP contribution is 2.41. The maximum Gasteiger partial charge on any atom is 0.109 e. The Balaban J connectivity index is 0.000000653. The van der Waals surface area contributed by atoms with E-state index in [1.165, 1.54) is 32.1 Å². The van der Waals surface area contributed by atoms with Crippen LogP contribution in [-0.4, -0.2) is 12.1 Å². The summed E-state index contributed by atoms with van der Waals surface area (Å²) in [4.78, 5) is 0. The summed E-state index contributed by atoms with van der Waals surface area (Å²) in [5, 5.41) is 0. The summed E-state index contributed by atoms with van der Waals surface area (Å²) < 4.78 is 0. The summed E-state index contributed by atoms with van der Waals surface area (Å²) in [6, 6.07) is 0.850. The van der Waals surface area contributed by atoms with Gasteiger partial charge < -0.3 is 45.9 Å². The van der Waals surface area contributed by atoms with Crippen molar-refractivity contribution in [2.45, 2.75) is 71.9 Å². The lowest BCUT2D eigenvalue weighted by molar-refractivity contribution is 0.118. The zero-order chi connectivity index (χ0) is 22.7. The van der Waals surface area contributed by atoms with E-state index in [9.17, 15) is 0 Å². The standard InChI is InChI=1S/C17H34N2.2C2H7N3/c1-10-5-14(6-11(2)16(10)18)9-15-7-12(3)17(19)13(4)8-15;2*3-1-2(4)5/h10-17H,5-9,18-19H2,1-4H3;2*1H,3-5H2. The van der Waals surface area contributed by atoms with Crippen LogP contribution in [0.15, 0.2) is 24.0 Å². The lowest BCUT2D eigenvalue weighted by atomic mass is 9.66. The zero-order valence-electron chi connectivity index (χ0n) is 18.9. The zero-order valence-corrected chi connectivity index (χ0v) is 18.9. The highest BCUT2D eigenvalue weighted by atomic mass is 14.8. The fourth-order valence-corrected chi connectivity index (χ4v) is 4.90. The molecule has 0 amide bonds. The molecular formula is C21H48N8. The van der Waals surface area contributed by atoms with Gasteiger partial charge in [0.15, 0.2) is 0 Å². The molecular weight excluding hydrogens is 364 g/mol. The summed E-state index contributed by atoms with van der Waals surface area (Å²) >= 11 is 0. The third-order valence-corrected chi connectivity index (χ3v) is 6.50. The van der Waals surface area contributed by atoms with Gasteiger partial charge in [-0.2, -0.15) is 0 Å². The van der Waals surface area contributed by atoms with E-state index >= 15 is 0 Å². The van der Waals surface area contributed by atoms with E-state index in [2.05, 4.69) is 27.7 Å². The van der Waals surface area contributed by atoms with Gasteiger partial charge >= 0.3 is 0 Å². The molecule has 2 aliphatic rings. The monoisotopic (exact) mass is 412 g/mol. The highest BCUT2D eigenvalue weighted by Gasteiger charge is 2.35. The molecule has 0 radical (unpaired) electrons. The maximum atomic E-state index is 6.26. The molecule has 0 bridgehead atoms. The molecule has 0 saturated heterocycles. The largest absolute Gasteiger partial charge is 0.402 e. The first kappa shape index (κ1) is 27.2. The van der Waals surface area contributed by atoms with Crippen LogP contribution in [0.1, 0.15) is 59.8 Å². The van der Waals surface area contributed by atoms with Gasteiger partial charge in [0.25, 0.3) is 0 Å². The lowest BCUT2D eigenvalue weighted by Crippen LogP contribution is -2.43. The van der Waals surface area contributed by atoms with E-state index in [-0.39, 0.29) is 11.6 Å². The normalized spacial score (nSPS) is 36.3. The minimum Gasteiger partial charge on any atom is -0.402 e. The van der Waals surface area contributed by atoms with Crippen LogP contribution in [-0.2, 0) is 0 Å². The molecule has 0 heterocycles. The van der Waals surface area contributed by atoms with Crippen molar-refractivity contribution in [3.05, 3.63) is 24.0 Å². The van der Waals surface area contributed by atoms with Crippen LogP contribution in [0.5, 0.6) is 0 Å². The molecule has 0 aliphatic heterocycles. The minimum absolute atomic E-state index is 0.157. The first-order chi connectivity index (χ1) is 13.4. The molecule has 29 heavy (non-hydrogen) atoms. The van der Waals surface area contributed by atoms with Crippen molar-refractivity contribution < 1.29 is 0 Å². The van der Waals surface area contributed by atoms with Crippen LogP contribution in [0.2, 0.25) is 0 Å². The second-order valence-corrected chi connectivity index (χ2v) is 9.31. The SMILES string of the molecule is CC1CC(CC2CC(C)C(N)C(C)C2)CC(C)C1N.NC=C(N)N.NC=C(N)N. The average molecular weight is 413 g/mol. The molecule has 172 valence electrons. The Morgan fingerprint density at radius 3 is 1.00 bits per heavy atom. The molecule has 4 unspecified atom stereocenters. The van der Waals surface area contributed by atoms with Crippen molar-refractivity contribution in [3.63, 3.8) is 0 Å². The minimum atomic E-state index is 0.157. The fraction of sp³-hybridized carbons (Fsp3) is 0.810. The quantitative estimate of drug-likeness (QED) is 0.323. The number of rotatable bonds is 2. The molecule has 8 heteroatoms. The van der Waals surface area contributed by atoms with Gasteiger partial charge in [-0.3, -0.25) is 0 Å². The summed E-state index contributed by atoms with van der Waals surface area (Å²) in [7, 11) is 0. The predicted molar refractivity (Wildman–Crippen MR) is 124 cm³/mol. The molecule has 2 rings (SSSR count). The third-order valence-electron chi connectivity index (χ3n) is 6.50. The Hall–Kier alpha value is -1.80. The summed E-state index contributed by atoms with van der Waals surface area (Å²) in [5.74, 6) is 4.94. The van der Waals surface area contributed by atoms with Gasteiger partial charge in [-0.15, -0.1) is 0 Å². The Morgan fingerprint density at radius 1 is 0.621 bits per heavy atom. The molecule has 2 aliphatic carbocycles. The van der Waals surface area contributed by atoms with Crippen molar-refractivity contribution in [2.24, 2.45) is 81.4 Å². The van der Waals surface area contributed by atoms with Crippen LogP contribution in [0.4, 0.5) is 0 Å². The van der Waals surface area contributed by atoms with Gasteiger partial charge in [0.2, 0.25) is 0 Å². The summed E-state index contributed by atoms with van der Waals surface area (Å²) in [6.45, 7) is 9.37. The Morgan fingerprint density at radius 2 is 0.828 bits per heavy atom. The first-order valence-corrected chi connectivity index (χ1v) is 10.8. The lowest BCUT2D eigenvalue weighted by Gasteiger charge is -2.42. The van der Waals surface area contributed by atoms with Crippen LogP contribution >= 0.6 is 0 Å². The van der Waals surface area contributed by atoms with Gasteiger partial charge in [-0.25, -0.2) is 0 Å². The van der Waals surface area contributed by atoms with Crippen molar-refractivity contribution in [1.82, 2.24) is 0 Å². The van der Waals surface area contributed by atoms with E-state index in [1.54, 1.807) is 0 Å². The van der Waals surface area contributed by atoms with Crippen LogP contribution in [0.3, 0.4) is 0 Å². The van der Waals surface area contributed by atoms with E-state index in [1.807, 2.05) is 0 Å². The second-order valence-electron chi connectivity index (χ2n) is 9.31. The van der Waals surface area contributed by atoms with Crippen LogP contribution in [0.25, 0.3) is 0 Å². The molecule has 4 atom stereocenters. The summed E-state index contributed by atoms with van der Waals surface area (Å²) in [6.07, 6.45) is 9.07. The Kier molecular flexibility index (Phi) is 12.6. The highest BCUT2D eigenvalue weighted by molar-refractivity contribution is 4.89. The van der Waals surface area contributed by atoms with E-state index in [0.29, 0.717) is 35.8 Å². The van der Waals surface area contributed by atoms with E-state index in [0.717, 1.165) is 24.2 Å². The van der Waals surface area contributed by atoms with Crippen molar-refractivity contribution in [3.8, 4) is 0 Å². The molecule has 0 aromatic carbocycles. The summed E-state index contributed by atoms with van der Waals surface area (Å²) in [5.41, 5.74) is 41.3. The average Bonchev–Trinajstić information content (AvgIpc) is 2.65. The fourth-order valence-electron chi connectivity index (χ4n) is 4.90. The van der Waals surface area contributed by atoms with Crippen molar-refractivity contribution >= 4 is 0 Å². The first-order valence-electron chi connectivity index (χ1n) is 10.8. The van der Waals surface area contributed by atoms with E-state index in [4.69, 9.17) is 45.9 Å². The molecule has 0 spiro atoms. The molecule has 2 fully saturated rings. The second kappa shape index (κ2) is 13.4. The number of hydrogen-bond acceptors (Lipinski definition) is 8. The number of nitrogens with two attached hydrogens (primary N) is 8. The van der Waals surface area contributed by atoms with Gasteiger partial charge in [0.1, 0.15) is 11.6 Å². The third kappa shape index (κ3) is 10.5. The van der Waals surface area contributed by atoms with Gasteiger partial charge in [-0.05, 0) is 67.6 Å². The van der Waals surface area contributed by atoms with Gasteiger partial charge in [0.05, 0.1) is 0 Å². The molecule has 2 saturated carbocycles. The van der Waals surface area contributed by atoms with Gasteiger partial charge in [-0.1, -0.05) is 27.7 Å². The van der Waals surface area contributed by atoms with E-state index < -0.39 is 0 Å². The predicted octanol–water partition coefficient (Wildman–Crippen LogP) is 0.718. The molecule has 0 aromatic heterocycles. The van der Waals surface area contributed by atoms with Crippen LogP contribution < -0.4 is 45.9 Å². The Bertz CT molecular complexity index is 431. The maximum absolute atomic E-state index is 6.26. The Labute approximate surface area is 177 Å². The van der Waals surface area contributed by atoms with Crippen molar-refractivity contribution in [2.75, 3.05) is 0 Å².